The number of rotatable bonds is 5. The number of hydrogen-bond donors (Lipinski definition) is 1. The first kappa shape index (κ1) is 17.7. The van der Waals surface area contributed by atoms with Crippen LogP contribution in [0.15, 0.2) is 24.3 Å². The van der Waals surface area contributed by atoms with E-state index < -0.39 is 0 Å². The molecule has 6 heteroatoms. The number of fused-ring (bicyclic) bond motifs is 1. The normalized spacial score (nSPS) is 22.8. The fourth-order valence-corrected chi connectivity index (χ4v) is 4.69. The summed E-state index contributed by atoms with van der Waals surface area (Å²) < 4.78 is 10.8. The minimum absolute atomic E-state index is 0.522. The number of hydrogen-bond acceptors (Lipinski definition) is 3. The van der Waals surface area contributed by atoms with E-state index in [2.05, 4.69) is 33.5 Å². The van der Waals surface area contributed by atoms with Crippen LogP contribution in [0.5, 0.6) is 5.75 Å². The van der Waals surface area contributed by atoms with E-state index in [0.717, 1.165) is 30.2 Å². The van der Waals surface area contributed by atoms with Crippen LogP contribution in [-0.4, -0.2) is 27.5 Å². The molecule has 1 saturated heterocycles. The number of nitrogens with one attached hydrogen (secondary N) is 1. The topological polar surface area (TPSA) is 36.4 Å². The first-order valence-electron chi connectivity index (χ1n) is 10.00. The summed E-state index contributed by atoms with van der Waals surface area (Å²) in [4.78, 5) is 1.57. The Morgan fingerprint density at radius 2 is 2.04 bits per heavy atom. The molecule has 2 aliphatic rings. The van der Waals surface area contributed by atoms with Crippen molar-refractivity contribution in [1.82, 2.24) is 14.3 Å². The van der Waals surface area contributed by atoms with E-state index in [-0.39, 0.29) is 0 Å². The lowest BCUT2D eigenvalue weighted by Crippen LogP contribution is -3.09. The van der Waals surface area contributed by atoms with Crippen molar-refractivity contribution in [2.45, 2.75) is 64.7 Å². The predicted octanol–water partition coefficient (Wildman–Crippen LogP) is 2.92. The van der Waals surface area contributed by atoms with E-state index in [4.69, 9.17) is 22.1 Å². The highest BCUT2D eigenvalue weighted by Crippen LogP contribution is 2.22. The van der Waals surface area contributed by atoms with Gasteiger partial charge in [0.25, 0.3) is 0 Å². The van der Waals surface area contributed by atoms with Gasteiger partial charge in [-0.25, -0.2) is 0 Å². The molecular formula is C20H29N4OS+. The summed E-state index contributed by atoms with van der Waals surface area (Å²) in [5.41, 5.74) is 1.40. The van der Waals surface area contributed by atoms with E-state index in [1.807, 2.05) is 6.92 Å². The van der Waals surface area contributed by atoms with Crippen molar-refractivity contribution in [2.24, 2.45) is 0 Å². The zero-order chi connectivity index (χ0) is 17.9. The molecule has 5 nitrogen and oxygen atoms in total. The Labute approximate surface area is 160 Å². The monoisotopic (exact) mass is 373 g/mol. The maximum Gasteiger partial charge on any atom is 0.202 e. The Kier molecular flexibility index (Phi) is 5.41. The van der Waals surface area contributed by atoms with Crippen molar-refractivity contribution in [2.75, 3.05) is 13.2 Å². The number of benzene rings is 1. The van der Waals surface area contributed by atoms with Gasteiger partial charge in [0, 0.05) is 31.4 Å². The van der Waals surface area contributed by atoms with Gasteiger partial charge in [-0.3, -0.25) is 0 Å². The molecule has 1 fully saturated rings. The Morgan fingerprint density at radius 1 is 1.19 bits per heavy atom. The molecule has 1 aromatic carbocycles. The van der Waals surface area contributed by atoms with Crippen LogP contribution < -0.4 is 9.64 Å². The first-order valence-corrected chi connectivity index (χ1v) is 10.4. The van der Waals surface area contributed by atoms with Gasteiger partial charge in [-0.05, 0) is 56.2 Å². The summed E-state index contributed by atoms with van der Waals surface area (Å²) in [5, 5.41) is 4.87. The molecule has 1 aromatic heterocycles. The molecule has 1 unspecified atom stereocenters. The molecule has 3 heterocycles. The van der Waals surface area contributed by atoms with E-state index in [1.54, 1.807) is 4.90 Å². The van der Waals surface area contributed by atoms with Gasteiger partial charge in [-0.2, -0.15) is 9.78 Å². The van der Waals surface area contributed by atoms with Crippen LogP contribution in [0.2, 0.25) is 0 Å². The highest BCUT2D eigenvalue weighted by molar-refractivity contribution is 7.71. The second kappa shape index (κ2) is 7.92. The summed E-state index contributed by atoms with van der Waals surface area (Å²) in [6, 6.07) is 9.16. The van der Waals surface area contributed by atoms with Crippen molar-refractivity contribution in [3.05, 3.63) is 40.4 Å². The molecule has 4 rings (SSSR count). The van der Waals surface area contributed by atoms with E-state index >= 15 is 0 Å². The van der Waals surface area contributed by atoms with Gasteiger partial charge in [-0.15, -0.1) is 0 Å². The minimum atomic E-state index is 0.522. The van der Waals surface area contributed by atoms with E-state index in [1.165, 1.54) is 50.0 Å². The van der Waals surface area contributed by atoms with Gasteiger partial charge in [0.2, 0.25) is 4.77 Å². The van der Waals surface area contributed by atoms with E-state index in [9.17, 15) is 0 Å². The molecule has 0 spiro atoms. The fourth-order valence-electron chi connectivity index (χ4n) is 4.39. The van der Waals surface area contributed by atoms with Crippen LogP contribution >= 0.6 is 12.2 Å². The SMILES string of the molecule is CCOc1ccc([C@H]2CCC[NH+]2Cn2nc3n(c2=S)CCCCC3)cc1. The predicted molar refractivity (Wildman–Crippen MR) is 104 cm³/mol. The Balaban J connectivity index is 1.51. The van der Waals surface area contributed by atoms with Gasteiger partial charge in [0.1, 0.15) is 17.6 Å². The molecular weight excluding hydrogens is 344 g/mol. The Bertz CT molecular complexity index is 795. The number of quaternary nitrogens is 1. The molecule has 0 bridgehead atoms. The maximum absolute atomic E-state index is 5.74. The van der Waals surface area contributed by atoms with Crippen LogP contribution in [-0.2, 0) is 19.6 Å². The third-order valence-corrected chi connectivity index (χ3v) is 6.14. The lowest BCUT2D eigenvalue weighted by atomic mass is 10.0. The second-order valence-corrected chi connectivity index (χ2v) is 7.79. The average Bonchev–Trinajstić information content (AvgIpc) is 3.13. The molecule has 26 heavy (non-hydrogen) atoms. The van der Waals surface area contributed by atoms with Crippen molar-refractivity contribution < 1.29 is 9.64 Å². The van der Waals surface area contributed by atoms with Crippen molar-refractivity contribution >= 4 is 12.2 Å². The summed E-state index contributed by atoms with van der Waals surface area (Å²) >= 11 is 5.74. The Hall–Kier alpha value is -1.66. The molecule has 1 N–H and O–H groups in total. The molecule has 0 amide bonds. The third-order valence-electron chi connectivity index (χ3n) is 5.71. The molecule has 0 radical (unpaired) electrons. The number of likely N-dealkylation sites (tertiary alicyclic amines) is 1. The standard InChI is InChI=1S/C20H28N4OS/c1-2-25-17-11-9-16(10-12-17)18-7-6-13-22(18)15-24-20(26)23-14-5-3-4-8-19(23)21-24/h9-12,18H,2-8,13-15H2,1H3/p+1/t18-/m1/s1. The quantitative estimate of drug-likeness (QED) is 0.819. The molecule has 0 aliphatic carbocycles. The molecule has 2 aliphatic heterocycles. The lowest BCUT2D eigenvalue weighted by Gasteiger charge is -2.21. The Morgan fingerprint density at radius 3 is 2.85 bits per heavy atom. The van der Waals surface area contributed by atoms with Crippen LogP contribution in [0, 0.1) is 4.77 Å². The summed E-state index contributed by atoms with van der Waals surface area (Å²) in [6.07, 6.45) is 7.29. The molecule has 140 valence electrons. The van der Waals surface area contributed by atoms with Crippen LogP contribution in [0.1, 0.15) is 56.5 Å². The van der Waals surface area contributed by atoms with Gasteiger partial charge >= 0.3 is 0 Å². The van der Waals surface area contributed by atoms with Crippen LogP contribution in [0.25, 0.3) is 0 Å². The van der Waals surface area contributed by atoms with Gasteiger partial charge in [-0.1, -0.05) is 6.42 Å². The second-order valence-electron chi connectivity index (χ2n) is 7.42. The first-order chi connectivity index (χ1) is 12.8. The summed E-state index contributed by atoms with van der Waals surface area (Å²) in [5.74, 6) is 2.14. The largest absolute Gasteiger partial charge is 0.494 e. The number of ether oxygens (including phenoxy) is 1. The highest BCUT2D eigenvalue weighted by Gasteiger charge is 2.31. The van der Waals surface area contributed by atoms with Crippen molar-refractivity contribution in [3.63, 3.8) is 0 Å². The third kappa shape index (κ3) is 3.58. The van der Waals surface area contributed by atoms with Gasteiger partial charge in [0.15, 0.2) is 6.67 Å². The number of nitrogens with zero attached hydrogens (tertiary/aromatic N) is 3. The zero-order valence-electron chi connectivity index (χ0n) is 15.6. The molecule has 0 saturated carbocycles. The highest BCUT2D eigenvalue weighted by atomic mass is 32.1. The van der Waals surface area contributed by atoms with Crippen LogP contribution in [0.4, 0.5) is 0 Å². The van der Waals surface area contributed by atoms with Crippen molar-refractivity contribution in [1.29, 1.82) is 0 Å². The zero-order valence-corrected chi connectivity index (χ0v) is 16.4. The molecule has 2 aromatic rings. The number of aryl methyl sites for hydroxylation is 1. The van der Waals surface area contributed by atoms with Crippen molar-refractivity contribution in [3.8, 4) is 5.75 Å². The van der Waals surface area contributed by atoms with Gasteiger partial charge < -0.3 is 14.2 Å². The fraction of sp³-hybridized carbons (Fsp3) is 0.600. The maximum atomic E-state index is 5.74. The lowest BCUT2D eigenvalue weighted by molar-refractivity contribution is -0.941. The minimum Gasteiger partial charge on any atom is -0.494 e. The average molecular weight is 374 g/mol. The summed E-state index contributed by atoms with van der Waals surface area (Å²) in [6.45, 7) is 5.82. The van der Waals surface area contributed by atoms with Gasteiger partial charge in [0.05, 0.1) is 13.2 Å². The van der Waals surface area contributed by atoms with E-state index in [0.29, 0.717) is 12.6 Å². The smallest absolute Gasteiger partial charge is 0.202 e. The van der Waals surface area contributed by atoms with Crippen LogP contribution in [0.3, 0.4) is 0 Å². The number of aromatic nitrogens is 3. The summed E-state index contributed by atoms with van der Waals surface area (Å²) in [7, 11) is 0. The molecule has 2 atom stereocenters.